The zero-order valence-corrected chi connectivity index (χ0v) is 7.96. The highest BCUT2D eigenvalue weighted by molar-refractivity contribution is 5.17. The van der Waals surface area contributed by atoms with E-state index in [-0.39, 0.29) is 5.82 Å². The van der Waals surface area contributed by atoms with Crippen LogP contribution in [0.25, 0.3) is 0 Å². The predicted octanol–water partition coefficient (Wildman–Crippen LogP) is 1.87. The highest BCUT2D eigenvalue weighted by atomic mass is 19.1. The van der Waals surface area contributed by atoms with Gasteiger partial charge in [-0.1, -0.05) is 18.2 Å². The first-order valence-electron chi connectivity index (χ1n) is 4.65. The van der Waals surface area contributed by atoms with Gasteiger partial charge in [0.25, 0.3) is 0 Å². The molecular weight excluding hydrogens is 179 g/mol. The lowest BCUT2D eigenvalue weighted by Crippen LogP contribution is -2.18. The molecule has 0 aliphatic heterocycles. The number of nitrogens with one attached hydrogen (secondary N) is 1. The van der Waals surface area contributed by atoms with Gasteiger partial charge in [-0.3, -0.25) is 0 Å². The predicted molar refractivity (Wildman–Crippen MR) is 53.2 cm³/mol. The van der Waals surface area contributed by atoms with Crippen molar-refractivity contribution in [1.82, 2.24) is 5.32 Å². The molecule has 1 aromatic rings. The van der Waals surface area contributed by atoms with Gasteiger partial charge in [0.05, 0.1) is 6.07 Å². The Balaban J connectivity index is 2.25. The summed E-state index contributed by atoms with van der Waals surface area (Å²) in [6.45, 7) is 1.38. The molecule has 0 heterocycles. The van der Waals surface area contributed by atoms with Crippen LogP contribution >= 0.6 is 0 Å². The van der Waals surface area contributed by atoms with Gasteiger partial charge < -0.3 is 5.32 Å². The maximum Gasteiger partial charge on any atom is 0.126 e. The lowest BCUT2D eigenvalue weighted by Gasteiger charge is -2.03. The monoisotopic (exact) mass is 192 g/mol. The lowest BCUT2D eigenvalue weighted by atomic mass is 10.1. The fourth-order valence-electron chi connectivity index (χ4n) is 1.19. The first-order chi connectivity index (χ1) is 6.84. The molecule has 0 saturated carbocycles. The Morgan fingerprint density at radius 3 is 2.79 bits per heavy atom. The second kappa shape index (κ2) is 6.11. The van der Waals surface area contributed by atoms with Crippen LogP contribution in [-0.2, 0) is 6.42 Å². The number of nitriles is 1. The van der Waals surface area contributed by atoms with Gasteiger partial charge in [-0.05, 0) is 24.6 Å². The summed E-state index contributed by atoms with van der Waals surface area (Å²) in [4.78, 5) is 0. The van der Waals surface area contributed by atoms with Crippen LogP contribution in [0.2, 0.25) is 0 Å². The molecule has 1 rings (SSSR count). The average Bonchev–Trinajstić information content (AvgIpc) is 2.20. The second-order valence-corrected chi connectivity index (χ2v) is 3.00. The third kappa shape index (κ3) is 3.55. The number of nitrogens with zero attached hydrogens (tertiary/aromatic N) is 1. The van der Waals surface area contributed by atoms with Crippen LogP contribution in [0.5, 0.6) is 0 Å². The van der Waals surface area contributed by atoms with E-state index in [2.05, 4.69) is 5.32 Å². The van der Waals surface area contributed by atoms with Gasteiger partial charge in [0, 0.05) is 13.0 Å². The van der Waals surface area contributed by atoms with E-state index in [1.54, 1.807) is 12.1 Å². The molecule has 0 aromatic heterocycles. The number of hydrogen-bond acceptors (Lipinski definition) is 2. The molecule has 0 fully saturated rings. The average molecular weight is 192 g/mol. The first kappa shape index (κ1) is 10.7. The van der Waals surface area contributed by atoms with E-state index in [0.717, 1.165) is 5.56 Å². The van der Waals surface area contributed by atoms with Crippen LogP contribution in [0.15, 0.2) is 24.3 Å². The minimum atomic E-state index is -0.158. The van der Waals surface area contributed by atoms with Gasteiger partial charge in [0.15, 0.2) is 0 Å². The van der Waals surface area contributed by atoms with Crippen LogP contribution < -0.4 is 5.32 Å². The van der Waals surface area contributed by atoms with Gasteiger partial charge >= 0.3 is 0 Å². The van der Waals surface area contributed by atoms with Crippen molar-refractivity contribution in [2.75, 3.05) is 13.1 Å². The van der Waals surface area contributed by atoms with Crippen LogP contribution in [0.1, 0.15) is 12.0 Å². The van der Waals surface area contributed by atoms with Crippen molar-refractivity contribution < 1.29 is 4.39 Å². The van der Waals surface area contributed by atoms with E-state index >= 15 is 0 Å². The Bertz CT molecular complexity index is 317. The van der Waals surface area contributed by atoms with Crippen molar-refractivity contribution in [1.29, 1.82) is 5.26 Å². The Morgan fingerprint density at radius 1 is 1.29 bits per heavy atom. The molecule has 0 unspecified atom stereocenters. The summed E-state index contributed by atoms with van der Waals surface area (Å²) in [6.07, 6.45) is 1.16. The molecule has 0 amide bonds. The minimum Gasteiger partial charge on any atom is -0.315 e. The maximum absolute atomic E-state index is 13.1. The summed E-state index contributed by atoms with van der Waals surface area (Å²) in [6, 6.07) is 8.79. The Labute approximate surface area is 83.4 Å². The number of benzene rings is 1. The summed E-state index contributed by atoms with van der Waals surface area (Å²) in [5.74, 6) is -0.158. The van der Waals surface area contributed by atoms with Gasteiger partial charge in [0.2, 0.25) is 0 Å². The molecule has 1 aromatic carbocycles. The van der Waals surface area contributed by atoms with Crippen molar-refractivity contribution in [3.63, 3.8) is 0 Å². The van der Waals surface area contributed by atoms with Crippen molar-refractivity contribution in [3.05, 3.63) is 35.6 Å². The summed E-state index contributed by atoms with van der Waals surface area (Å²) in [5.41, 5.74) is 0.719. The number of hydrogen-bond donors (Lipinski definition) is 1. The van der Waals surface area contributed by atoms with Crippen LogP contribution in [0.3, 0.4) is 0 Å². The molecular formula is C11H13FN2. The highest BCUT2D eigenvalue weighted by Gasteiger charge is 1.98. The maximum atomic E-state index is 13.1. The Kier molecular flexibility index (Phi) is 4.66. The van der Waals surface area contributed by atoms with Crippen molar-refractivity contribution in [2.45, 2.75) is 12.8 Å². The summed E-state index contributed by atoms with van der Waals surface area (Å²) in [5, 5.41) is 11.3. The Hall–Kier alpha value is -1.40. The first-order valence-corrected chi connectivity index (χ1v) is 4.65. The molecule has 2 nitrogen and oxygen atoms in total. The third-order valence-corrected chi connectivity index (χ3v) is 1.94. The third-order valence-electron chi connectivity index (χ3n) is 1.94. The molecule has 0 aliphatic carbocycles. The fraction of sp³-hybridized carbons (Fsp3) is 0.364. The standard InChI is InChI=1S/C11H13FN2/c12-11-5-2-1-4-10(11)6-9-14-8-3-7-13/h1-2,4-5,14H,3,6,8-9H2. The lowest BCUT2D eigenvalue weighted by molar-refractivity contribution is 0.599. The minimum absolute atomic E-state index is 0.158. The molecule has 3 heteroatoms. The van der Waals surface area contributed by atoms with Gasteiger partial charge in [-0.25, -0.2) is 4.39 Å². The summed E-state index contributed by atoms with van der Waals surface area (Å²) in [7, 11) is 0. The SMILES string of the molecule is N#CCCNCCc1ccccc1F. The number of halogens is 1. The molecule has 0 spiro atoms. The smallest absolute Gasteiger partial charge is 0.126 e. The summed E-state index contributed by atoms with van der Waals surface area (Å²) >= 11 is 0. The van der Waals surface area contributed by atoms with Crippen molar-refractivity contribution in [2.24, 2.45) is 0 Å². The second-order valence-electron chi connectivity index (χ2n) is 3.00. The molecule has 0 radical (unpaired) electrons. The normalized spacial score (nSPS) is 9.71. The van der Waals surface area contributed by atoms with Crippen molar-refractivity contribution in [3.8, 4) is 6.07 Å². The molecule has 14 heavy (non-hydrogen) atoms. The van der Waals surface area contributed by atoms with E-state index < -0.39 is 0 Å². The van der Waals surface area contributed by atoms with Gasteiger partial charge in [0.1, 0.15) is 5.82 Å². The van der Waals surface area contributed by atoms with E-state index in [0.29, 0.717) is 25.9 Å². The molecule has 1 N–H and O–H groups in total. The van der Waals surface area contributed by atoms with Crippen molar-refractivity contribution >= 4 is 0 Å². The molecule has 0 aliphatic rings. The number of rotatable bonds is 5. The van der Waals surface area contributed by atoms with E-state index in [1.165, 1.54) is 6.07 Å². The topological polar surface area (TPSA) is 35.8 Å². The van der Waals surface area contributed by atoms with Crippen LogP contribution in [0.4, 0.5) is 4.39 Å². The zero-order chi connectivity index (χ0) is 10.2. The quantitative estimate of drug-likeness (QED) is 0.723. The van der Waals surface area contributed by atoms with E-state index in [4.69, 9.17) is 5.26 Å². The summed E-state index contributed by atoms with van der Waals surface area (Å²) < 4.78 is 13.1. The molecule has 0 atom stereocenters. The van der Waals surface area contributed by atoms with E-state index in [1.807, 2.05) is 12.1 Å². The molecule has 0 saturated heterocycles. The van der Waals surface area contributed by atoms with Gasteiger partial charge in [-0.2, -0.15) is 5.26 Å². The molecule has 0 bridgehead atoms. The van der Waals surface area contributed by atoms with Gasteiger partial charge in [-0.15, -0.1) is 0 Å². The fourth-order valence-corrected chi connectivity index (χ4v) is 1.19. The van der Waals surface area contributed by atoms with E-state index in [9.17, 15) is 4.39 Å². The highest BCUT2D eigenvalue weighted by Crippen LogP contribution is 2.05. The Morgan fingerprint density at radius 2 is 2.07 bits per heavy atom. The molecule has 74 valence electrons. The largest absolute Gasteiger partial charge is 0.315 e. The zero-order valence-electron chi connectivity index (χ0n) is 7.96. The van der Waals surface area contributed by atoms with Crippen LogP contribution in [0, 0.1) is 17.1 Å². The van der Waals surface area contributed by atoms with Crippen LogP contribution in [-0.4, -0.2) is 13.1 Å².